The molecule has 1 aromatic heterocycles. The Morgan fingerprint density at radius 2 is 2.36 bits per heavy atom. The fraction of sp³-hybridized carbons (Fsp3) is 0.700. The van der Waals surface area contributed by atoms with Gasteiger partial charge in [-0.2, -0.15) is 5.10 Å². The lowest BCUT2D eigenvalue weighted by Crippen LogP contribution is -2.31. The molecule has 0 bridgehead atoms. The third-order valence-electron chi connectivity index (χ3n) is 2.26. The second kappa shape index (κ2) is 4.57. The van der Waals surface area contributed by atoms with Crippen LogP contribution in [0, 0.1) is 0 Å². The highest BCUT2D eigenvalue weighted by atomic mass is 16.3. The lowest BCUT2D eigenvalue weighted by atomic mass is 9.95. The van der Waals surface area contributed by atoms with E-state index < -0.39 is 5.60 Å². The smallest absolute Gasteiger partial charge is 0.0673 e. The number of hydrogen-bond acceptors (Lipinski definition) is 3. The van der Waals surface area contributed by atoms with Gasteiger partial charge in [0.1, 0.15) is 0 Å². The SMILES string of the molecule is CNCCC(C)(O)Cc1cnn(C)c1. The zero-order valence-corrected chi connectivity index (χ0v) is 9.12. The molecule has 1 rings (SSSR count). The van der Waals surface area contributed by atoms with Crippen LogP contribution in [0.1, 0.15) is 18.9 Å². The van der Waals surface area contributed by atoms with E-state index >= 15 is 0 Å². The molecule has 0 amide bonds. The predicted octanol–water partition coefficient (Wildman–Crippen LogP) is 0.323. The Balaban J connectivity index is 2.49. The van der Waals surface area contributed by atoms with Gasteiger partial charge in [-0.3, -0.25) is 4.68 Å². The van der Waals surface area contributed by atoms with Gasteiger partial charge >= 0.3 is 0 Å². The van der Waals surface area contributed by atoms with Crippen LogP contribution >= 0.6 is 0 Å². The molecule has 0 aromatic carbocycles. The van der Waals surface area contributed by atoms with E-state index in [0.717, 1.165) is 18.5 Å². The molecule has 14 heavy (non-hydrogen) atoms. The minimum atomic E-state index is -0.647. The average Bonchev–Trinajstić information content (AvgIpc) is 2.47. The van der Waals surface area contributed by atoms with E-state index in [1.165, 1.54) is 0 Å². The first-order valence-electron chi connectivity index (χ1n) is 4.88. The minimum absolute atomic E-state index is 0.647. The van der Waals surface area contributed by atoms with Gasteiger partial charge in [0.05, 0.1) is 11.8 Å². The largest absolute Gasteiger partial charge is 0.390 e. The summed E-state index contributed by atoms with van der Waals surface area (Å²) in [6.45, 7) is 2.69. The molecule has 4 heteroatoms. The number of nitrogens with zero attached hydrogens (tertiary/aromatic N) is 2. The summed E-state index contributed by atoms with van der Waals surface area (Å²) in [5, 5.41) is 17.1. The van der Waals surface area contributed by atoms with Gasteiger partial charge in [-0.05, 0) is 32.5 Å². The molecule has 0 saturated heterocycles. The van der Waals surface area contributed by atoms with Crippen molar-refractivity contribution in [1.29, 1.82) is 0 Å². The molecule has 2 N–H and O–H groups in total. The van der Waals surface area contributed by atoms with Gasteiger partial charge < -0.3 is 10.4 Å². The summed E-state index contributed by atoms with van der Waals surface area (Å²) >= 11 is 0. The second-order valence-corrected chi connectivity index (χ2v) is 4.05. The van der Waals surface area contributed by atoms with E-state index in [1.807, 2.05) is 27.2 Å². The number of nitrogens with one attached hydrogen (secondary N) is 1. The number of aromatic nitrogens is 2. The molecule has 0 spiro atoms. The standard InChI is InChI=1S/C10H19N3O/c1-10(14,4-5-11-2)6-9-7-12-13(3)8-9/h7-8,11,14H,4-6H2,1-3H3. The maximum Gasteiger partial charge on any atom is 0.0673 e. The molecule has 4 nitrogen and oxygen atoms in total. The fourth-order valence-electron chi connectivity index (χ4n) is 1.49. The lowest BCUT2D eigenvalue weighted by molar-refractivity contribution is 0.0520. The van der Waals surface area contributed by atoms with Crippen LogP contribution in [0.2, 0.25) is 0 Å². The number of aryl methyl sites for hydroxylation is 1. The Labute approximate surface area is 84.9 Å². The van der Waals surface area contributed by atoms with Crippen molar-refractivity contribution in [1.82, 2.24) is 15.1 Å². The first-order valence-corrected chi connectivity index (χ1v) is 4.88. The minimum Gasteiger partial charge on any atom is -0.390 e. The predicted molar refractivity (Wildman–Crippen MR) is 56.1 cm³/mol. The molecule has 0 aliphatic heterocycles. The summed E-state index contributed by atoms with van der Waals surface area (Å²) in [5.41, 5.74) is 0.431. The van der Waals surface area contributed by atoms with E-state index in [2.05, 4.69) is 10.4 Å². The molecule has 1 heterocycles. The van der Waals surface area contributed by atoms with Crippen molar-refractivity contribution in [2.24, 2.45) is 7.05 Å². The van der Waals surface area contributed by atoms with Crippen molar-refractivity contribution in [3.63, 3.8) is 0 Å². The Morgan fingerprint density at radius 1 is 1.64 bits per heavy atom. The van der Waals surface area contributed by atoms with Crippen molar-refractivity contribution < 1.29 is 5.11 Å². The molecule has 1 unspecified atom stereocenters. The molecule has 1 aromatic rings. The normalized spacial score (nSPS) is 15.4. The summed E-state index contributed by atoms with van der Waals surface area (Å²) in [6.07, 6.45) is 5.14. The van der Waals surface area contributed by atoms with Gasteiger partial charge in [-0.25, -0.2) is 0 Å². The second-order valence-electron chi connectivity index (χ2n) is 4.05. The van der Waals surface area contributed by atoms with Crippen LogP contribution < -0.4 is 5.32 Å². The van der Waals surface area contributed by atoms with Crippen molar-refractivity contribution in [3.05, 3.63) is 18.0 Å². The number of aliphatic hydroxyl groups is 1. The van der Waals surface area contributed by atoms with E-state index in [0.29, 0.717) is 6.42 Å². The molecule has 0 saturated carbocycles. The molecular weight excluding hydrogens is 178 g/mol. The van der Waals surface area contributed by atoms with Gasteiger partial charge in [-0.15, -0.1) is 0 Å². The third-order valence-corrected chi connectivity index (χ3v) is 2.26. The monoisotopic (exact) mass is 197 g/mol. The topological polar surface area (TPSA) is 50.1 Å². The molecule has 0 fully saturated rings. The maximum absolute atomic E-state index is 10.0. The Hall–Kier alpha value is -0.870. The van der Waals surface area contributed by atoms with Crippen LogP contribution in [-0.2, 0) is 13.5 Å². The van der Waals surface area contributed by atoms with Crippen LogP contribution in [0.5, 0.6) is 0 Å². The van der Waals surface area contributed by atoms with Crippen LogP contribution in [-0.4, -0.2) is 34.1 Å². The molecule has 0 aliphatic carbocycles. The molecule has 1 atom stereocenters. The zero-order valence-electron chi connectivity index (χ0n) is 9.12. The van der Waals surface area contributed by atoms with Gasteiger partial charge in [0.2, 0.25) is 0 Å². The van der Waals surface area contributed by atoms with Crippen LogP contribution in [0.15, 0.2) is 12.4 Å². The lowest BCUT2D eigenvalue weighted by Gasteiger charge is -2.22. The molecule has 0 radical (unpaired) electrons. The fourth-order valence-corrected chi connectivity index (χ4v) is 1.49. The first kappa shape index (κ1) is 11.2. The number of rotatable bonds is 5. The average molecular weight is 197 g/mol. The van der Waals surface area contributed by atoms with Crippen molar-refractivity contribution in [3.8, 4) is 0 Å². The molecule has 80 valence electrons. The Morgan fingerprint density at radius 3 is 2.86 bits per heavy atom. The summed E-state index contributed by atoms with van der Waals surface area (Å²) < 4.78 is 1.75. The van der Waals surface area contributed by atoms with Crippen molar-refractivity contribution in [2.75, 3.05) is 13.6 Å². The van der Waals surface area contributed by atoms with Gasteiger partial charge in [0.15, 0.2) is 0 Å². The van der Waals surface area contributed by atoms with E-state index in [1.54, 1.807) is 10.9 Å². The first-order chi connectivity index (χ1) is 6.53. The summed E-state index contributed by atoms with van der Waals surface area (Å²) in [7, 11) is 3.77. The van der Waals surface area contributed by atoms with Crippen LogP contribution in [0.3, 0.4) is 0 Å². The van der Waals surface area contributed by atoms with Gasteiger partial charge in [-0.1, -0.05) is 0 Å². The quantitative estimate of drug-likeness (QED) is 0.715. The van der Waals surface area contributed by atoms with Crippen molar-refractivity contribution in [2.45, 2.75) is 25.4 Å². The zero-order chi connectivity index (χ0) is 10.6. The van der Waals surface area contributed by atoms with Gasteiger partial charge in [0.25, 0.3) is 0 Å². The third kappa shape index (κ3) is 3.47. The van der Waals surface area contributed by atoms with E-state index in [9.17, 15) is 5.11 Å². The summed E-state index contributed by atoms with van der Waals surface area (Å²) in [6, 6.07) is 0. The van der Waals surface area contributed by atoms with E-state index in [-0.39, 0.29) is 0 Å². The molecular formula is C10H19N3O. The number of hydrogen-bond donors (Lipinski definition) is 2. The van der Waals surface area contributed by atoms with E-state index in [4.69, 9.17) is 0 Å². The van der Waals surface area contributed by atoms with Crippen LogP contribution in [0.4, 0.5) is 0 Å². The van der Waals surface area contributed by atoms with Gasteiger partial charge in [0, 0.05) is 19.7 Å². The molecule has 0 aliphatic rings. The highest BCUT2D eigenvalue weighted by Gasteiger charge is 2.20. The Kier molecular flexibility index (Phi) is 3.66. The van der Waals surface area contributed by atoms with Crippen LogP contribution in [0.25, 0.3) is 0 Å². The van der Waals surface area contributed by atoms with Crippen molar-refractivity contribution >= 4 is 0 Å². The summed E-state index contributed by atoms with van der Waals surface area (Å²) in [5.74, 6) is 0. The highest BCUT2D eigenvalue weighted by Crippen LogP contribution is 2.15. The summed E-state index contributed by atoms with van der Waals surface area (Å²) in [4.78, 5) is 0. The maximum atomic E-state index is 10.0. The Bertz CT molecular complexity index is 281. The highest BCUT2D eigenvalue weighted by molar-refractivity contribution is 5.07.